The Morgan fingerprint density at radius 2 is 2.06 bits per heavy atom. The number of rotatable bonds is 5. The summed E-state index contributed by atoms with van der Waals surface area (Å²) in [7, 11) is 0. The lowest BCUT2D eigenvalue weighted by Crippen LogP contribution is -2.42. The molecule has 1 atom stereocenters. The molecule has 0 aromatic heterocycles. The fourth-order valence-electron chi connectivity index (χ4n) is 3.62. The van der Waals surface area contributed by atoms with Gasteiger partial charge in [0.05, 0.1) is 36.5 Å². The highest BCUT2D eigenvalue weighted by atomic mass is 35.5. The second-order valence-corrected chi connectivity index (χ2v) is 8.32. The molecule has 9 nitrogen and oxygen atoms in total. The normalized spacial score (nSPS) is 18.2. The molecule has 0 bridgehead atoms. The van der Waals surface area contributed by atoms with Gasteiger partial charge in [-0.15, -0.1) is 12.6 Å². The molecule has 3 amide bonds. The zero-order chi connectivity index (χ0) is 23.5. The Morgan fingerprint density at radius 3 is 2.82 bits per heavy atom. The van der Waals surface area contributed by atoms with E-state index in [1.165, 1.54) is 15.9 Å². The summed E-state index contributed by atoms with van der Waals surface area (Å²) in [5.41, 5.74) is 1.51. The smallest absolute Gasteiger partial charge is 0.414 e. The lowest BCUT2D eigenvalue weighted by molar-refractivity contribution is -0.125. The number of carbonyl (C=O) groups is 3. The van der Waals surface area contributed by atoms with Gasteiger partial charge in [0.15, 0.2) is 0 Å². The molecule has 11 heteroatoms. The molecule has 33 heavy (non-hydrogen) atoms. The van der Waals surface area contributed by atoms with Crippen LogP contribution in [-0.2, 0) is 14.3 Å². The summed E-state index contributed by atoms with van der Waals surface area (Å²) in [6, 6.07) is 11.7. The van der Waals surface area contributed by atoms with Crippen LogP contribution in [0.3, 0.4) is 0 Å². The van der Waals surface area contributed by atoms with Crippen LogP contribution in [0, 0.1) is 11.3 Å². The topological polar surface area (TPSA) is 112 Å². The number of hydrogen-bond donors (Lipinski definition) is 2. The minimum atomic E-state index is -0.592. The van der Waals surface area contributed by atoms with Crippen LogP contribution in [0.1, 0.15) is 15.9 Å². The Morgan fingerprint density at radius 1 is 1.24 bits per heavy atom. The molecule has 0 saturated carbocycles. The van der Waals surface area contributed by atoms with Gasteiger partial charge in [0.1, 0.15) is 18.8 Å². The van der Waals surface area contributed by atoms with E-state index in [9.17, 15) is 19.6 Å². The molecule has 2 aliphatic rings. The molecule has 170 valence electrons. The van der Waals surface area contributed by atoms with Crippen molar-refractivity contribution in [3.8, 4) is 6.07 Å². The first kappa shape index (κ1) is 22.9. The number of nitrogens with one attached hydrogen (secondary N) is 1. The van der Waals surface area contributed by atoms with Gasteiger partial charge in [-0.3, -0.25) is 14.5 Å². The summed E-state index contributed by atoms with van der Waals surface area (Å²) in [6.45, 7) is 0.965. The second kappa shape index (κ2) is 9.70. The van der Waals surface area contributed by atoms with Crippen molar-refractivity contribution >= 4 is 53.5 Å². The third-order valence-electron chi connectivity index (χ3n) is 5.26. The minimum Gasteiger partial charge on any atom is -0.442 e. The Kier molecular flexibility index (Phi) is 6.74. The maximum absolute atomic E-state index is 12.5. The Balaban J connectivity index is 1.44. The number of carbonyl (C=O) groups excluding carboxylic acids is 3. The molecular weight excluding hydrogens is 468 g/mol. The Hall–Kier alpha value is -3.26. The van der Waals surface area contributed by atoms with E-state index in [1.54, 1.807) is 30.3 Å². The van der Waals surface area contributed by atoms with Crippen molar-refractivity contribution in [3.63, 3.8) is 0 Å². The standard InChI is InChI=1S/C22H19ClN4O5S/c23-14-1-4-19(33)17(8-14)21(29)25-10-16-11-27(22(30)32-16)15-2-3-18(13(7-15)9-24)26-5-6-31-12-20(26)28/h1-4,7-8,16,33H,5-6,10-12H2,(H,25,29). The number of hydrogen-bond acceptors (Lipinski definition) is 7. The maximum Gasteiger partial charge on any atom is 0.414 e. The molecule has 0 spiro atoms. The number of amides is 3. The molecule has 1 unspecified atom stereocenters. The van der Waals surface area contributed by atoms with E-state index < -0.39 is 12.2 Å². The van der Waals surface area contributed by atoms with Crippen molar-refractivity contribution in [1.82, 2.24) is 5.32 Å². The second-order valence-electron chi connectivity index (χ2n) is 7.40. The van der Waals surface area contributed by atoms with Crippen LogP contribution in [0.5, 0.6) is 0 Å². The highest BCUT2D eigenvalue weighted by molar-refractivity contribution is 7.80. The van der Waals surface area contributed by atoms with Gasteiger partial charge in [0.25, 0.3) is 11.8 Å². The predicted molar refractivity (Wildman–Crippen MR) is 123 cm³/mol. The van der Waals surface area contributed by atoms with E-state index in [0.29, 0.717) is 40.0 Å². The van der Waals surface area contributed by atoms with Crippen LogP contribution in [-0.4, -0.2) is 56.9 Å². The molecule has 0 aliphatic carbocycles. The average molecular weight is 487 g/mol. The van der Waals surface area contributed by atoms with Crippen LogP contribution in [0.25, 0.3) is 0 Å². The molecule has 2 aromatic carbocycles. The Bertz CT molecular complexity index is 1170. The zero-order valence-corrected chi connectivity index (χ0v) is 18.9. The summed E-state index contributed by atoms with van der Waals surface area (Å²) in [5.74, 6) is -0.616. The van der Waals surface area contributed by atoms with Crippen molar-refractivity contribution in [3.05, 3.63) is 52.5 Å². The first-order valence-corrected chi connectivity index (χ1v) is 10.9. The summed E-state index contributed by atoms with van der Waals surface area (Å²) >= 11 is 10.2. The molecule has 4 rings (SSSR count). The number of nitrogens with zero attached hydrogens (tertiary/aromatic N) is 3. The summed E-state index contributed by atoms with van der Waals surface area (Å²) in [6.07, 6.45) is -1.18. The molecule has 0 radical (unpaired) electrons. The number of anilines is 2. The predicted octanol–water partition coefficient (Wildman–Crippen LogP) is 2.62. The summed E-state index contributed by atoms with van der Waals surface area (Å²) in [5, 5.41) is 12.7. The van der Waals surface area contributed by atoms with E-state index in [0.717, 1.165) is 0 Å². The molecular formula is C22H19ClN4O5S. The van der Waals surface area contributed by atoms with Gasteiger partial charge in [-0.25, -0.2) is 4.79 Å². The number of thiol groups is 1. The van der Waals surface area contributed by atoms with E-state index in [1.807, 2.05) is 0 Å². The van der Waals surface area contributed by atoms with Crippen molar-refractivity contribution in [2.75, 3.05) is 42.6 Å². The van der Waals surface area contributed by atoms with Crippen molar-refractivity contribution in [2.45, 2.75) is 11.0 Å². The number of nitriles is 1. The maximum atomic E-state index is 12.5. The zero-order valence-electron chi connectivity index (χ0n) is 17.3. The molecule has 2 aliphatic heterocycles. The minimum absolute atomic E-state index is 0.0393. The van der Waals surface area contributed by atoms with Crippen molar-refractivity contribution in [2.24, 2.45) is 0 Å². The van der Waals surface area contributed by atoms with Gasteiger partial charge in [-0.05, 0) is 36.4 Å². The third kappa shape index (κ3) is 4.90. The molecule has 2 aromatic rings. The molecule has 2 fully saturated rings. The van der Waals surface area contributed by atoms with Gasteiger partial charge < -0.3 is 19.7 Å². The van der Waals surface area contributed by atoms with Crippen LogP contribution in [0.15, 0.2) is 41.3 Å². The van der Waals surface area contributed by atoms with Crippen molar-refractivity contribution < 1.29 is 23.9 Å². The quantitative estimate of drug-likeness (QED) is 0.628. The van der Waals surface area contributed by atoms with Crippen LogP contribution in [0.4, 0.5) is 16.2 Å². The molecule has 2 heterocycles. The highest BCUT2D eigenvalue weighted by Crippen LogP contribution is 2.29. The van der Waals surface area contributed by atoms with Gasteiger partial charge >= 0.3 is 6.09 Å². The van der Waals surface area contributed by atoms with Crippen molar-refractivity contribution in [1.29, 1.82) is 5.26 Å². The van der Waals surface area contributed by atoms with E-state index in [-0.39, 0.29) is 37.1 Å². The van der Waals surface area contributed by atoms with Crippen LogP contribution < -0.4 is 15.1 Å². The van der Waals surface area contributed by atoms with Crippen LogP contribution in [0.2, 0.25) is 5.02 Å². The lowest BCUT2D eigenvalue weighted by Gasteiger charge is -2.28. The number of ether oxygens (including phenoxy) is 2. The fourth-order valence-corrected chi connectivity index (χ4v) is 4.03. The van der Waals surface area contributed by atoms with Gasteiger partial charge in [0.2, 0.25) is 0 Å². The van der Waals surface area contributed by atoms with Gasteiger partial charge in [-0.2, -0.15) is 5.26 Å². The van der Waals surface area contributed by atoms with E-state index in [4.69, 9.17) is 21.1 Å². The van der Waals surface area contributed by atoms with Crippen LogP contribution >= 0.6 is 24.2 Å². The fraction of sp³-hybridized carbons (Fsp3) is 0.273. The molecule has 1 N–H and O–H groups in total. The van der Waals surface area contributed by atoms with E-state index in [2.05, 4.69) is 24.0 Å². The number of cyclic esters (lactones) is 1. The average Bonchev–Trinajstić information content (AvgIpc) is 3.19. The number of halogens is 1. The Labute approximate surface area is 200 Å². The number of morpholine rings is 1. The number of benzene rings is 2. The SMILES string of the molecule is N#Cc1cc(N2CC(CNC(=O)c3cc(Cl)ccc3S)OC2=O)ccc1N1CCOCC1=O. The lowest BCUT2D eigenvalue weighted by atomic mass is 10.1. The monoisotopic (exact) mass is 486 g/mol. The van der Waals surface area contributed by atoms with Gasteiger partial charge in [-0.1, -0.05) is 11.6 Å². The first-order valence-electron chi connectivity index (χ1n) is 10.0. The van der Waals surface area contributed by atoms with Gasteiger partial charge in [0, 0.05) is 22.2 Å². The largest absolute Gasteiger partial charge is 0.442 e. The molecule has 2 saturated heterocycles. The van der Waals surface area contributed by atoms with E-state index >= 15 is 0 Å². The highest BCUT2D eigenvalue weighted by Gasteiger charge is 2.33. The first-order chi connectivity index (χ1) is 15.9. The third-order valence-corrected chi connectivity index (χ3v) is 5.88. The summed E-state index contributed by atoms with van der Waals surface area (Å²) in [4.78, 5) is 40.4. The summed E-state index contributed by atoms with van der Waals surface area (Å²) < 4.78 is 10.5.